The number of Topliss-reactive ketones (excluding diaryl/α,β-unsaturated/α-hetero) is 1. The van der Waals surface area contributed by atoms with E-state index >= 15 is 0 Å². The van der Waals surface area contributed by atoms with Crippen molar-refractivity contribution in [2.75, 3.05) is 20.8 Å². The second-order valence-corrected chi connectivity index (χ2v) is 7.60. The van der Waals surface area contributed by atoms with Crippen LogP contribution < -0.4 is 4.74 Å². The molecule has 1 fully saturated rings. The van der Waals surface area contributed by atoms with Gasteiger partial charge in [-0.3, -0.25) is 14.6 Å². The molecular formula is C23H27NO6. The Bertz CT molecular complexity index is 931. The number of benzene rings is 1. The fourth-order valence-corrected chi connectivity index (χ4v) is 4.57. The second kappa shape index (κ2) is 8.81. The Morgan fingerprint density at radius 1 is 1.17 bits per heavy atom. The van der Waals surface area contributed by atoms with Gasteiger partial charge in [0.2, 0.25) is 0 Å². The molecule has 0 bridgehead atoms. The number of para-hydroxylation sites is 1. The summed E-state index contributed by atoms with van der Waals surface area (Å²) in [5, 5.41) is 0. The molecule has 1 aliphatic carbocycles. The lowest BCUT2D eigenvalue weighted by Crippen LogP contribution is -2.48. The van der Waals surface area contributed by atoms with E-state index in [0.29, 0.717) is 34.7 Å². The highest BCUT2D eigenvalue weighted by molar-refractivity contribution is 6.17. The van der Waals surface area contributed by atoms with Crippen molar-refractivity contribution in [1.29, 1.82) is 0 Å². The lowest BCUT2D eigenvalue weighted by molar-refractivity contribution is -0.152. The van der Waals surface area contributed by atoms with Crippen molar-refractivity contribution in [3.8, 4) is 5.75 Å². The van der Waals surface area contributed by atoms with Gasteiger partial charge in [-0.15, -0.1) is 0 Å². The Morgan fingerprint density at radius 3 is 2.50 bits per heavy atom. The minimum absolute atomic E-state index is 0.200. The van der Waals surface area contributed by atoms with E-state index in [-0.39, 0.29) is 18.3 Å². The number of hydrogen-bond donors (Lipinski definition) is 0. The van der Waals surface area contributed by atoms with Crippen LogP contribution in [0.1, 0.15) is 38.7 Å². The van der Waals surface area contributed by atoms with E-state index in [1.165, 1.54) is 7.11 Å². The third-order valence-corrected chi connectivity index (χ3v) is 5.84. The first kappa shape index (κ1) is 21.7. The number of rotatable bonds is 5. The van der Waals surface area contributed by atoms with Crippen LogP contribution in [0.25, 0.3) is 0 Å². The molecule has 30 heavy (non-hydrogen) atoms. The average Bonchev–Trinajstić information content (AvgIpc) is 2.72. The Labute approximate surface area is 176 Å². The van der Waals surface area contributed by atoms with Crippen LogP contribution >= 0.6 is 0 Å². The van der Waals surface area contributed by atoms with Gasteiger partial charge in [0.15, 0.2) is 5.78 Å². The highest BCUT2D eigenvalue weighted by Gasteiger charge is 2.51. The van der Waals surface area contributed by atoms with Crippen molar-refractivity contribution >= 4 is 23.4 Å². The highest BCUT2D eigenvalue weighted by Crippen LogP contribution is 2.47. The van der Waals surface area contributed by atoms with Crippen LogP contribution in [-0.4, -0.2) is 44.3 Å². The van der Waals surface area contributed by atoms with Crippen LogP contribution in [-0.2, 0) is 23.9 Å². The second-order valence-electron chi connectivity index (χ2n) is 7.60. The number of fused-ring (bicyclic) bond motifs is 1. The summed E-state index contributed by atoms with van der Waals surface area (Å²) in [6, 6.07) is 7.27. The quantitative estimate of drug-likeness (QED) is 0.544. The molecule has 0 N–H and O–H groups in total. The summed E-state index contributed by atoms with van der Waals surface area (Å²) in [5.74, 6) is -3.37. The molecule has 0 aromatic heterocycles. The Balaban J connectivity index is 2.22. The van der Waals surface area contributed by atoms with Gasteiger partial charge in [0.05, 0.1) is 32.3 Å². The summed E-state index contributed by atoms with van der Waals surface area (Å²) in [5.41, 5.74) is 2.20. The zero-order chi connectivity index (χ0) is 22.0. The molecule has 4 atom stereocenters. The molecule has 7 nitrogen and oxygen atoms in total. The molecule has 160 valence electrons. The van der Waals surface area contributed by atoms with E-state index in [0.717, 1.165) is 0 Å². The van der Waals surface area contributed by atoms with Crippen LogP contribution in [0.4, 0.5) is 0 Å². The van der Waals surface area contributed by atoms with Crippen LogP contribution in [0.2, 0.25) is 0 Å². The lowest BCUT2D eigenvalue weighted by Gasteiger charge is -2.40. The zero-order valence-electron chi connectivity index (χ0n) is 17.9. The molecule has 7 heteroatoms. The van der Waals surface area contributed by atoms with Gasteiger partial charge in [0, 0.05) is 22.9 Å². The van der Waals surface area contributed by atoms with Gasteiger partial charge in [0.1, 0.15) is 11.7 Å². The summed E-state index contributed by atoms with van der Waals surface area (Å²) in [4.78, 5) is 43.5. The summed E-state index contributed by atoms with van der Waals surface area (Å²) in [6.07, 6.45) is 0.468. The number of aliphatic imine (C=N–C) groups is 1. The third-order valence-electron chi connectivity index (χ3n) is 5.84. The monoisotopic (exact) mass is 413 g/mol. The van der Waals surface area contributed by atoms with E-state index < -0.39 is 29.7 Å². The van der Waals surface area contributed by atoms with Crippen LogP contribution in [0, 0.1) is 17.8 Å². The van der Waals surface area contributed by atoms with Gasteiger partial charge in [-0.05, 0) is 32.3 Å². The zero-order valence-corrected chi connectivity index (χ0v) is 17.9. The Morgan fingerprint density at radius 2 is 1.87 bits per heavy atom. The molecule has 1 heterocycles. The van der Waals surface area contributed by atoms with Gasteiger partial charge in [-0.2, -0.15) is 0 Å². The molecule has 2 aliphatic rings. The smallest absolute Gasteiger partial charge is 0.336 e. The van der Waals surface area contributed by atoms with Crippen molar-refractivity contribution in [3.05, 3.63) is 41.1 Å². The predicted molar refractivity (Wildman–Crippen MR) is 110 cm³/mol. The minimum Gasteiger partial charge on any atom is -0.496 e. The van der Waals surface area contributed by atoms with E-state index in [4.69, 9.17) is 14.2 Å². The summed E-state index contributed by atoms with van der Waals surface area (Å²) < 4.78 is 15.7. The molecule has 1 aromatic rings. The van der Waals surface area contributed by atoms with Gasteiger partial charge in [0.25, 0.3) is 0 Å². The van der Waals surface area contributed by atoms with Crippen LogP contribution in [0.15, 0.2) is 40.5 Å². The minimum atomic E-state index is -0.905. The molecule has 0 saturated heterocycles. The van der Waals surface area contributed by atoms with Crippen molar-refractivity contribution in [1.82, 2.24) is 0 Å². The molecule has 1 aliphatic heterocycles. The maximum atomic E-state index is 13.6. The average molecular weight is 413 g/mol. The van der Waals surface area contributed by atoms with E-state index in [1.54, 1.807) is 27.0 Å². The predicted octanol–water partition coefficient (Wildman–Crippen LogP) is 3.08. The molecule has 0 amide bonds. The summed E-state index contributed by atoms with van der Waals surface area (Å²) >= 11 is 0. The number of allylic oxidation sites excluding steroid dienone is 1. The lowest BCUT2D eigenvalue weighted by atomic mass is 9.63. The first-order valence-electron chi connectivity index (χ1n) is 10.0. The number of carbonyl (C=O) groups is 3. The normalized spacial score (nSPS) is 25.9. The van der Waals surface area contributed by atoms with Gasteiger partial charge in [-0.1, -0.05) is 25.1 Å². The summed E-state index contributed by atoms with van der Waals surface area (Å²) in [6.45, 7) is 5.52. The fourth-order valence-electron chi connectivity index (χ4n) is 4.57. The molecule has 0 radical (unpaired) electrons. The Kier molecular flexibility index (Phi) is 6.39. The maximum absolute atomic E-state index is 13.6. The fraction of sp³-hybridized carbons (Fsp3) is 0.478. The topological polar surface area (TPSA) is 91.3 Å². The molecule has 1 saturated carbocycles. The van der Waals surface area contributed by atoms with Crippen molar-refractivity contribution in [2.45, 2.75) is 33.1 Å². The first-order valence-corrected chi connectivity index (χ1v) is 10.0. The number of ketones is 1. The first-order chi connectivity index (χ1) is 14.3. The van der Waals surface area contributed by atoms with E-state index in [2.05, 4.69) is 4.99 Å². The molecular weight excluding hydrogens is 386 g/mol. The van der Waals surface area contributed by atoms with E-state index in [1.807, 2.05) is 25.1 Å². The Hall–Kier alpha value is -2.96. The number of carbonyl (C=O) groups excluding carboxylic acids is 3. The standard InChI is InChI=1S/C23H27NO6/c1-6-30-23(27)18-13(3)24-15-11-12(2)17(22(26)29-5)21(25)20(15)19(18)14-9-7-8-10-16(14)28-4/h7-10,12,17,19-20H,6,11H2,1-5H3/t12-,17+,19+,20+/m1/s1. The summed E-state index contributed by atoms with van der Waals surface area (Å²) in [7, 11) is 2.82. The largest absolute Gasteiger partial charge is 0.496 e. The van der Waals surface area contributed by atoms with Crippen LogP contribution in [0.5, 0.6) is 5.75 Å². The number of nitrogens with zero attached hydrogens (tertiary/aromatic N) is 1. The number of ether oxygens (including phenoxy) is 3. The third kappa shape index (κ3) is 3.64. The number of methoxy groups -OCH3 is 2. The molecule has 0 unspecified atom stereocenters. The van der Waals surface area contributed by atoms with Crippen molar-refractivity contribution in [3.63, 3.8) is 0 Å². The number of hydrogen-bond acceptors (Lipinski definition) is 7. The van der Waals surface area contributed by atoms with Crippen LogP contribution in [0.3, 0.4) is 0 Å². The molecule has 0 spiro atoms. The van der Waals surface area contributed by atoms with E-state index in [9.17, 15) is 14.4 Å². The SMILES string of the molecule is CCOC(=O)C1=C(C)N=C2C[C@@H](C)[C@H](C(=O)OC)C(=O)[C@@H]2[C@H]1c1ccccc1OC. The molecule has 3 rings (SSSR count). The number of esters is 2. The van der Waals surface area contributed by atoms with Gasteiger partial charge in [-0.25, -0.2) is 4.79 Å². The molecule has 1 aromatic carbocycles. The van der Waals surface area contributed by atoms with Crippen molar-refractivity contribution < 1.29 is 28.6 Å². The highest BCUT2D eigenvalue weighted by atomic mass is 16.5. The van der Waals surface area contributed by atoms with Crippen molar-refractivity contribution in [2.24, 2.45) is 22.7 Å². The van der Waals surface area contributed by atoms with Gasteiger partial charge >= 0.3 is 11.9 Å². The maximum Gasteiger partial charge on any atom is 0.336 e. The van der Waals surface area contributed by atoms with Gasteiger partial charge < -0.3 is 14.2 Å².